The quantitative estimate of drug-likeness (QED) is 0.767. The normalized spacial score (nSPS) is 12.0. The van der Waals surface area contributed by atoms with Gasteiger partial charge < -0.3 is 5.11 Å². The van der Waals surface area contributed by atoms with Gasteiger partial charge in [0.15, 0.2) is 0 Å². The van der Waals surface area contributed by atoms with Crippen LogP contribution < -0.4 is 0 Å². The molecule has 0 heterocycles. The molecule has 13 heavy (non-hydrogen) atoms. The summed E-state index contributed by atoms with van der Waals surface area (Å²) in [6.45, 7) is 2.02. The maximum absolute atomic E-state index is 9.50. The smallest absolute Gasteiger partial charge is 0.119 e. The summed E-state index contributed by atoms with van der Waals surface area (Å²) in [5.74, 6) is 0.578. The molecule has 1 unspecified atom stereocenters. The Bertz CT molecular complexity index is 314. The van der Waals surface area contributed by atoms with E-state index >= 15 is 0 Å². The minimum atomic E-state index is 0.251. The fourth-order valence-electron chi connectivity index (χ4n) is 1.34. The summed E-state index contributed by atoms with van der Waals surface area (Å²) >= 11 is 0. The fourth-order valence-corrected chi connectivity index (χ4v) is 1.34. The van der Waals surface area contributed by atoms with Crippen LogP contribution in [0.3, 0.4) is 0 Å². The standard InChI is InChI=1S/C11H13NO/c1-9(5-4-8-12)10-6-2-3-7-11(10)13/h2-3,6-7,9,13H,4-5H2,1H3. The summed E-state index contributed by atoms with van der Waals surface area (Å²) in [4.78, 5) is 0. The number of hydrogen-bond acceptors (Lipinski definition) is 2. The van der Waals surface area contributed by atoms with E-state index in [1.807, 2.05) is 19.1 Å². The van der Waals surface area contributed by atoms with Crippen molar-refractivity contribution in [2.24, 2.45) is 0 Å². The van der Waals surface area contributed by atoms with E-state index in [1.165, 1.54) is 0 Å². The zero-order valence-corrected chi connectivity index (χ0v) is 7.70. The number of nitriles is 1. The maximum Gasteiger partial charge on any atom is 0.119 e. The van der Waals surface area contributed by atoms with Crippen molar-refractivity contribution >= 4 is 0 Å². The van der Waals surface area contributed by atoms with Crippen molar-refractivity contribution < 1.29 is 5.11 Å². The van der Waals surface area contributed by atoms with E-state index in [-0.39, 0.29) is 5.92 Å². The Hall–Kier alpha value is -1.49. The zero-order chi connectivity index (χ0) is 9.68. The van der Waals surface area contributed by atoms with Gasteiger partial charge in [0.05, 0.1) is 6.07 Å². The molecule has 0 bridgehead atoms. The summed E-state index contributed by atoms with van der Waals surface area (Å²) < 4.78 is 0. The molecule has 1 atom stereocenters. The van der Waals surface area contributed by atoms with Gasteiger partial charge in [0.1, 0.15) is 5.75 Å². The van der Waals surface area contributed by atoms with Crippen molar-refractivity contribution in [3.63, 3.8) is 0 Å². The van der Waals surface area contributed by atoms with E-state index in [0.717, 1.165) is 12.0 Å². The molecule has 0 radical (unpaired) electrons. The lowest BCUT2D eigenvalue weighted by Crippen LogP contribution is -1.93. The largest absolute Gasteiger partial charge is 0.508 e. The highest BCUT2D eigenvalue weighted by Crippen LogP contribution is 2.27. The second kappa shape index (κ2) is 4.51. The number of rotatable bonds is 3. The van der Waals surface area contributed by atoms with Crippen molar-refractivity contribution in [1.29, 1.82) is 5.26 Å². The maximum atomic E-state index is 9.50. The van der Waals surface area contributed by atoms with Crippen LogP contribution in [-0.2, 0) is 0 Å². The van der Waals surface area contributed by atoms with Gasteiger partial charge in [-0.05, 0) is 24.0 Å². The molecular formula is C11H13NO. The van der Waals surface area contributed by atoms with Crippen molar-refractivity contribution in [2.45, 2.75) is 25.7 Å². The Labute approximate surface area is 78.4 Å². The first-order valence-electron chi connectivity index (χ1n) is 4.40. The number of phenols is 1. The van der Waals surface area contributed by atoms with Gasteiger partial charge in [-0.15, -0.1) is 0 Å². The predicted octanol–water partition coefficient (Wildman–Crippen LogP) is 2.80. The molecule has 0 aromatic heterocycles. The van der Waals surface area contributed by atoms with Crippen LogP contribution in [0.25, 0.3) is 0 Å². The number of para-hydroxylation sites is 1. The topological polar surface area (TPSA) is 44.0 Å². The highest BCUT2D eigenvalue weighted by molar-refractivity contribution is 5.34. The molecule has 68 valence electrons. The van der Waals surface area contributed by atoms with Gasteiger partial charge in [-0.2, -0.15) is 5.26 Å². The molecule has 1 rings (SSSR count). The van der Waals surface area contributed by atoms with Gasteiger partial charge in [-0.1, -0.05) is 25.1 Å². The van der Waals surface area contributed by atoms with Gasteiger partial charge in [0.25, 0.3) is 0 Å². The molecule has 0 aliphatic heterocycles. The number of nitrogens with zero attached hydrogens (tertiary/aromatic N) is 1. The predicted molar refractivity (Wildman–Crippen MR) is 51.4 cm³/mol. The second-order valence-electron chi connectivity index (χ2n) is 3.16. The average molecular weight is 175 g/mol. The second-order valence-corrected chi connectivity index (χ2v) is 3.16. The fraction of sp³-hybridized carbons (Fsp3) is 0.364. The van der Waals surface area contributed by atoms with E-state index in [9.17, 15) is 5.11 Å². The first-order valence-corrected chi connectivity index (χ1v) is 4.40. The van der Waals surface area contributed by atoms with Crippen molar-refractivity contribution in [1.82, 2.24) is 0 Å². The summed E-state index contributed by atoms with van der Waals surface area (Å²) in [7, 11) is 0. The van der Waals surface area contributed by atoms with Crippen LogP contribution in [0.4, 0.5) is 0 Å². The number of hydrogen-bond donors (Lipinski definition) is 1. The van der Waals surface area contributed by atoms with Crippen LogP contribution in [0.2, 0.25) is 0 Å². The Morgan fingerprint density at radius 3 is 2.77 bits per heavy atom. The first kappa shape index (κ1) is 9.60. The van der Waals surface area contributed by atoms with Gasteiger partial charge in [0.2, 0.25) is 0 Å². The average Bonchev–Trinajstić information content (AvgIpc) is 2.15. The van der Waals surface area contributed by atoms with Crippen LogP contribution in [0.5, 0.6) is 5.75 Å². The minimum Gasteiger partial charge on any atom is -0.508 e. The lowest BCUT2D eigenvalue weighted by molar-refractivity contribution is 0.461. The third kappa shape index (κ3) is 2.48. The molecule has 0 aliphatic carbocycles. The number of benzene rings is 1. The number of phenolic OH excluding ortho intramolecular Hbond substituents is 1. The lowest BCUT2D eigenvalue weighted by atomic mass is 9.96. The summed E-state index contributed by atoms with van der Waals surface area (Å²) in [6.07, 6.45) is 1.34. The Morgan fingerprint density at radius 2 is 2.15 bits per heavy atom. The Morgan fingerprint density at radius 1 is 1.46 bits per heavy atom. The zero-order valence-electron chi connectivity index (χ0n) is 7.70. The molecule has 0 saturated carbocycles. The molecule has 2 heteroatoms. The molecule has 0 saturated heterocycles. The SMILES string of the molecule is CC(CCC#N)c1ccccc1O. The molecule has 1 aromatic carbocycles. The molecule has 0 aliphatic rings. The molecule has 2 nitrogen and oxygen atoms in total. The van der Waals surface area contributed by atoms with E-state index in [4.69, 9.17) is 5.26 Å². The van der Waals surface area contributed by atoms with Crippen molar-refractivity contribution in [3.8, 4) is 11.8 Å². The van der Waals surface area contributed by atoms with Gasteiger partial charge in [0, 0.05) is 6.42 Å². The Kier molecular flexibility index (Phi) is 3.33. The van der Waals surface area contributed by atoms with Gasteiger partial charge >= 0.3 is 0 Å². The lowest BCUT2D eigenvalue weighted by Gasteiger charge is -2.10. The van der Waals surface area contributed by atoms with E-state index in [1.54, 1.807) is 12.1 Å². The summed E-state index contributed by atoms with van der Waals surface area (Å²) in [6, 6.07) is 9.39. The summed E-state index contributed by atoms with van der Waals surface area (Å²) in [5, 5.41) is 17.9. The third-order valence-corrected chi connectivity index (χ3v) is 2.16. The van der Waals surface area contributed by atoms with Crippen LogP contribution in [-0.4, -0.2) is 5.11 Å². The van der Waals surface area contributed by atoms with E-state index < -0.39 is 0 Å². The Balaban J connectivity index is 2.72. The van der Waals surface area contributed by atoms with Crippen molar-refractivity contribution in [2.75, 3.05) is 0 Å². The molecule has 1 aromatic rings. The third-order valence-electron chi connectivity index (χ3n) is 2.16. The highest BCUT2D eigenvalue weighted by Gasteiger charge is 2.08. The van der Waals surface area contributed by atoms with E-state index in [2.05, 4.69) is 6.07 Å². The molecule has 1 N–H and O–H groups in total. The van der Waals surface area contributed by atoms with Crippen LogP contribution in [0, 0.1) is 11.3 Å². The summed E-state index contributed by atoms with van der Waals surface area (Å²) in [5.41, 5.74) is 0.928. The molecule has 0 amide bonds. The monoisotopic (exact) mass is 175 g/mol. The van der Waals surface area contributed by atoms with Crippen molar-refractivity contribution in [3.05, 3.63) is 29.8 Å². The van der Waals surface area contributed by atoms with Crippen LogP contribution >= 0.6 is 0 Å². The molecule has 0 spiro atoms. The van der Waals surface area contributed by atoms with Crippen LogP contribution in [0.15, 0.2) is 24.3 Å². The highest BCUT2D eigenvalue weighted by atomic mass is 16.3. The molecular weight excluding hydrogens is 162 g/mol. The number of aromatic hydroxyl groups is 1. The van der Waals surface area contributed by atoms with Crippen LogP contribution in [0.1, 0.15) is 31.2 Å². The minimum absolute atomic E-state index is 0.251. The van der Waals surface area contributed by atoms with Gasteiger partial charge in [-0.25, -0.2) is 0 Å². The van der Waals surface area contributed by atoms with Gasteiger partial charge in [-0.3, -0.25) is 0 Å². The first-order chi connectivity index (χ1) is 6.25. The molecule has 0 fully saturated rings. The van der Waals surface area contributed by atoms with E-state index in [0.29, 0.717) is 12.2 Å².